The molecular weight excluding hydrogens is 340 g/mol. The van der Waals surface area contributed by atoms with Crippen molar-refractivity contribution in [3.05, 3.63) is 65.7 Å². The van der Waals surface area contributed by atoms with E-state index in [1.807, 2.05) is 18.2 Å². The van der Waals surface area contributed by atoms with E-state index in [2.05, 4.69) is 40.1 Å². The summed E-state index contributed by atoms with van der Waals surface area (Å²) in [6.07, 6.45) is 0.939. The highest BCUT2D eigenvalue weighted by Gasteiger charge is 2.17. The van der Waals surface area contributed by atoms with Crippen LogP contribution < -0.4 is 4.74 Å². The molecule has 27 heavy (non-hydrogen) atoms. The number of carbonyl (C=O) groups excluding carboxylic acids is 1. The van der Waals surface area contributed by atoms with Gasteiger partial charge in [0.1, 0.15) is 11.3 Å². The van der Waals surface area contributed by atoms with Gasteiger partial charge in [-0.15, -0.1) is 0 Å². The number of para-hydroxylation sites is 1. The first-order chi connectivity index (χ1) is 13.3. The first-order valence-corrected chi connectivity index (χ1v) is 9.55. The normalized spacial score (nSPS) is 15.4. The molecule has 1 aliphatic rings. The Morgan fingerprint density at radius 3 is 2.33 bits per heavy atom. The van der Waals surface area contributed by atoms with Crippen molar-refractivity contribution in [1.29, 1.82) is 0 Å². The Bertz CT molecular complexity index is 713. The monoisotopic (exact) mass is 368 g/mol. The smallest absolute Gasteiger partial charge is 0.341 e. The van der Waals surface area contributed by atoms with Crippen LogP contribution >= 0.6 is 0 Å². The van der Waals surface area contributed by atoms with E-state index in [9.17, 15) is 4.79 Å². The zero-order valence-electron chi connectivity index (χ0n) is 16.0. The molecule has 0 spiro atoms. The third kappa shape index (κ3) is 5.81. The van der Waals surface area contributed by atoms with Gasteiger partial charge in [-0.05, 0) is 24.1 Å². The summed E-state index contributed by atoms with van der Waals surface area (Å²) >= 11 is 0. The van der Waals surface area contributed by atoms with Crippen LogP contribution in [-0.4, -0.2) is 62.2 Å². The summed E-state index contributed by atoms with van der Waals surface area (Å²) in [6.45, 7) is 7.01. The lowest BCUT2D eigenvalue weighted by Gasteiger charge is -2.34. The summed E-state index contributed by atoms with van der Waals surface area (Å²) < 4.78 is 10.6. The van der Waals surface area contributed by atoms with Gasteiger partial charge < -0.3 is 14.4 Å². The summed E-state index contributed by atoms with van der Waals surface area (Å²) in [5.41, 5.74) is 1.86. The number of methoxy groups -OCH3 is 1. The van der Waals surface area contributed by atoms with E-state index in [1.165, 1.54) is 12.7 Å². The lowest BCUT2D eigenvalue weighted by atomic mass is 10.2. The van der Waals surface area contributed by atoms with Gasteiger partial charge in [-0.1, -0.05) is 42.5 Å². The van der Waals surface area contributed by atoms with Crippen molar-refractivity contribution in [3.8, 4) is 5.75 Å². The number of ether oxygens (including phenoxy) is 2. The molecule has 0 aliphatic carbocycles. The van der Waals surface area contributed by atoms with Crippen molar-refractivity contribution < 1.29 is 14.3 Å². The van der Waals surface area contributed by atoms with Crippen LogP contribution in [0.1, 0.15) is 22.3 Å². The molecule has 0 radical (unpaired) electrons. The zero-order chi connectivity index (χ0) is 18.9. The maximum absolute atomic E-state index is 11.8. The molecular formula is C22H28N2O3. The Morgan fingerprint density at radius 2 is 1.59 bits per heavy atom. The van der Waals surface area contributed by atoms with Crippen LogP contribution in [0.25, 0.3) is 0 Å². The molecule has 0 aromatic heterocycles. The van der Waals surface area contributed by atoms with Crippen LogP contribution in [0.5, 0.6) is 5.75 Å². The first kappa shape index (κ1) is 19.4. The molecule has 0 unspecified atom stereocenters. The van der Waals surface area contributed by atoms with Crippen LogP contribution in [0.15, 0.2) is 54.6 Å². The summed E-state index contributed by atoms with van der Waals surface area (Å²) in [7, 11) is 1.39. The summed E-state index contributed by atoms with van der Waals surface area (Å²) in [4.78, 5) is 16.8. The van der Waals surface area contributed by atoms with Crippen LogP contribution in [0, 0.1) is 0 Å². The third-order valence-corrected chi connectivity index (χ3v) is 4.88. The standard InChI is InChI=1S/C22H28N2O3/c1-26-22(25)20-10-5-6-11-21(20)27-17-7-12-23-13-15-24(16-14-23)18-19-8-3-2-4-9-19/h2-6,8-11H,7,12-18H2,1H3. The maximum atomic E-state index is 11.8. The minimum Gasteiger partial charge on any atom is -0.493 e. The fraction of sp³-hybridized carbons (Fsp3) is 0.409. The molecule has 0 bridgehead atoms. The molecule has 2 aromatic rings. The molecule has 1 saturated heterocycles. The number of benzene rings is 2. The number of carbonyl (C=O) groups is 1. The van der Waals surface area contributed by atoms with Gasteiger partial charge in [0, 0.05) is 39.3 Å². The average Bonchev–Trinajstić information content (AvgIpc) is 2.73. The average molecular weight is 368 g/mol. The fourth-order valence-corrected chi connectivity index (χ4v) is 3.35. The van der Waals surface area contributed by atoms with Crippen molar-refractivity contribution >= 4 is 5.97 Å². The van der Waals surface area contributed by atoms with Crippen LogP contribution in [0.2, 0.25) is 0 Å². The molecule has 1 fully saturated rings. The quantitative estimate of drug-likeness (QED) is 0.529. The van der Waals surface area contributed by atoms with Gasteiger partial charge in [-0.2, -0.15) is 0 Å². The first-order valence-electron chi connectivity index (χ1n) is 9.55. The second-order valence-corrected chi connectivity index (χ2v) is 6.79. The van der Waals surface area contributed by atoms with Crippen molar-refractivity contribution in [2.45, 2.75) is 13.0 Å². The van der Waals surface area contributed by atoms with Crippen LogP contribution in [0.3, 0.4) is 0 Å². The minimum atomic E-state index is -0.361. The topological polar surface area (TPSA) is 42.0 Å². The molecule has 0 atom stereocenters. The van der Waals surface area contributed by atoms with Gasteiger partial charge in [0.2, 0.25) is 0 Å². The molecule has 0 N–H and O–H groups in total. The van der Waals surface area contributed by atoms with E-state index < -0.39 is 0 Å². The lowest BCUT2D eigenvalue weighted by Crippen LogP contribution is -2.46. The highest BCUT2D eigenvalue weighted by Crippen LogP contribution is 2.19. The molecule has 1 aliphatic heterocycles. The Kier molecular flexibility index (Phi) is 7.25. The van der Waals surface area contributed by atoms with Gasteiger partial charge in [0.25, 0.3) is 0 Å². The SMILES string of the molecule is COC(=O)c1ccccc1OCCCN1CCN(Cc2ccccc2)CC1. The molecule has 2 aromatic carbocycles. The predicted octanol–water partition coefficient (Wildman–Crippen LogP) is 3.06. The van der Waals surface area contributed by atoms with Gasteiger partial charge in [0.05, 0.1) is 13.7 Å². The Balaban J connectivity index is 1.36. The largest absolute Gasteiger partial charge is 0.493 e. The highest BCUT2D eigenvalue weighted by molar-refractivity contribution is 5.92. The van der Waals surface area contributed by atoms with E-state index in [-0.39, 0.29) is 5.97 Å². The number of hydrogen-bond donors (Lipinski definition) is 0. The van der Waals surface area contributed by atoms with Crippen molar-refractivity contribution in [1.82, 2.24) is 9.80 Å². The van der Waals surface area contributed by atoms with Crippen LogP contribution in [-0.2, 0) is 11.3 Å². The molecule has 3 rings (SSSR count). The van der Waals surface area contributed by atoms with Gasteiger partial charge in [-0.25, -0.2) is 4.79 Å². The number of piperazine rings is 1. The molecule has 0 saturated carbocycles. The molecule has 1 heterocycles. The van der Waals surface area contributed by atoms with Crippen molar-refractivity contribution in [2.75, 3.05) is 46.4 Å². The Morgan fingerprint density at radius 1 is 0.926 bits per heavy atom. The van der Waals surface area contributed by atoms with Gasteiger partial charge in [-0.3, -0.25) is 4.90 Å². The maximum Gasteiger partial charge on any atom is 0.341 e. The molecule has 5 nitrogen and oxygen atoms in total. The van der Waals surface area contributed by atoms with E-state index >= 15 is 0 Å². The summed E-state index contributed by atoms with van der Waals surface area (Å²) in [6, 6.07) is 17.9. The molecule has 144 valence electrons. The van der Waals surface area contributed by atoms with Crippen molar-refractivity contribution in [2.24, 2.45) is 0 Å². The van der Waals surface area contributed by atoms with Gasteiger partial charge >= 0.3 is 5.97 Å². The van der Waals surface area contributed by atoms with E-state index in [1.54, 1.807) is 6.07 Å². The van der Waals surface area contributed by atoms with E-state index in [4.69, 9.17) is 9.47 Å². The highest BCUT2D eigenvalue weighted by atomic mass is 16.5. The Labute approximate surface area is 161 Å². The molecule has 0 amide bonds. The second kappa shape index (κ2) is 10.1. The van der Waals surface area contributed by atoms with Crippen molar-refractivity contribution in [3.63, 3.8) is 0 Å². The number of rotatable bonds is 8. The summed E-state index contributed by atoms with van der Waals surface area (Å²) in [5.74, 6) is 0.233. The fourth-order valence-electron chi connectivity index (χ4n) is 3.35. The Hall–Kier alpha value is -2.37. The summed E-state index contributed by atoms with van der Waals surface area (Å²) in [5, 5.41) is 0. The number of esters is 1. The van der Waals surface area contributed by atoms with E-state index in [0.29, 0.717) is 17.9 Å². The lowest BCUT2D eigenvalue weighted by molar-refractivity contribution is 0.0595. The second-order valence-electron chi connectivity index (χ2n) is 6.79. The predicted molar refractivity (Wildman–Crippen MR) is 106 cm³/mol. The van der Waals surface area contributed by atoms with Crippen LogP contribution in [0.4, 0.5) is 0 Å². The van der Waals surface area contributed by atoms with Gasteiger partial charge in [0.15, 0.2) is 0 Å². The van der Waals surface area contributed by atoms with E-state index in [0.717, 1.165) is 45.7 Å². The number of nitrogens with zero attached hydrogens (tertiary/aromatic N) is 2. The minimum absolute atomic E-state index is 0.361. The number of hydrogen-bond acceptors (Lipinski definition) is 5. The third-order valence-electron chi connectivity index (χ3n) is 4.88. The molecule has 5 heteroatoms. The zero-order valence-corrected chi connectivity index (χ0v) is 16.0.